The van der Waals surface area contributed by atoms with E-state index in [4.69, 9.17) is 11.6 Å². The van der Waals surface area contributed by atoms with Crippen molar-refractivity contribution in [3.8, 4) is 0 Å². The normalized spacial score (nSPS) is 17.4. The molecule has 7 nitrogen and oxygen atoms in total. The van der Waals surface area contributed by atoms with Crippen molar-refractivity contribution in [3.05, 3.63) is 64.9 Å². The molecule has 0 aromatic heterocycles. The van der Waals surface area contributed by atoms with Crippen LogP contribution in [0.3, 0.4) is 0 Å². The highest BCUT2D eigenvalue weighted by Crippen LogP contribution is 2.34. The average molecular weight is 536 g/mol. The predicted octanol–water partition coefficient (Wildman–Crippen LogP) is 4.43. The van der Waals surface area contributed by atoms with Gasteiger partial charge in [-0.3, -0.25) is 14.5 Å². The van der Waals surface area contributed by atoms with Gasteiger partial charge in [-0.2, -0.15) is 4.31 Å². The van der Waals surface area contributed by atoms with Crippen LogP contribution in [0.15, 0.2) is 48.5 Å². The number of carbonyl (C=O) groups excluding carboxylic acids is 2. The van der Waals surface area contributed by atoms with Crippen LogP contribution < -0.4 is 10.2 Å². The number of halogens is 2. The van der Waals surface area contributed by atoms with Gasteiger partial charge in [0.1, 0.15) is 11.9 Å². The number of nitrogens with zero attached hydrogens (tertiary/aromatic N) is 2. The second-order valence-electron chi connectivity index (χ2n) is 9.33. The predicted molar refractivity (Wildman–Crippen MR) is 138 cm³/mol. The number of benzene rings is 2. The van der Waals surface area contributed by atoms with E-state index in [0.29, 0.717) is 23.7 Å². The van der Waals surface area contributed by atoms with Gasteiger partial charge < -0.3 is 5.32 Å². The molecule has 2 aromatic rings. The molecule has 0 radical (unpaired) electrons. The van der Waals surface area contributed by atoms with Crippen LogP contribution in [0.1, 0.15) is 56.6 Å². The van der Waals surface area contributed by atoms with Crippen LogP contribution in [-0.4, -0.2) is 49.4 Å². The Labute approximate surface area is 216 Å². The molecular formula is C26H31ClFN3O4S. The lowest BCUT2D eigenvalue weighted by molar-refractivity contribution is -0.127. The number of carbonyl (C=O) groups is 2. The molecule has 1 heterocycles. The smallest absolute Gasteiger partial charge is 0.248 e. The maximum absolute atomic E-state index is 14.3. The third-order valence-electron chi connectivity index (χ3n) is 6.61. The average Bonchev–Trinajstić information content (AvgIpc) is 3.70. The van der Waals surface area contributed by atoms with Gasteiger partial charge in [-0.15, -0.1) is 0 Å². The van der Waals surface area contributed by atoms with Gasteiger partial charge in [-0.05, 0) is 43.5 Å². The summed E-state index contributed by atoms with van der Waals surface area (Å²) in [4.78, 5) is 28.6. The number of hydrogen-bond donors (Lipinski definition) is 1. The molecule has 194 valence electrons. The number of rotatable bonds is 10. The van der Waals surface area contributed by atoms with Gasteiger partial charge in [0, 0.05) is 41.8 Å². The lowest BCUT2D eigenvalue weighted by Crippen LogP contribution is -2.47. The summed E-state index contributed by atoms with van der Waals surface area (Å²) in [6.45, 7) is 1.00. The van der Waals surface area contributed by atoms with Gasteiger partial charge in [-0.1, -0.05) is 55.1 Å². The SMILES string of the molecule is O=C(NC1CCCCC1)[C@H](c1ccccc1Cl)N(C(=O)CCCS(=O)(=O)N1CC1)c1cccc(F)c1. The zero-order valence-electron chi connectivity index (χ0n) is 20.0. The number of amides is 2. The Kier molecular flexibility index (Phi) is 8.64. The van der Waals surface area contributed by atoms with Crippen molar-refractivity contribution in [2.75, 3.05) is 23.7 Å². The molecule has 4 rings (SSSR count). The van der Waals surface area contributed by atoms with Crippen LogP contribution in [0.2, 0.25) is 5.02 Å². The highest BCUT2D eigenvalue weighted by molar-refractivity contribution is 7.89. The lowest BCUT2D eigenvalue weighted by Gasteiger charge is -2.34. The standard InChI is InChI=1S/C26H31ClFN3O4S/c27-23-13-5-4-12-22(23)25(26(33)29-20-9-2-1-3-10-20)31(21-11-6-8-19(28)18-21)24(32)14-7-17-36(34,35)30-15-16-30/h4-6,8,11-13,18,20,25H,1-3,7,9-10,14-17H2,(H,29,33)/t25-/m0/s1. The van der Waals surface area contributed by atoms with E-state index >= 15 is 0 Å². The van der Waals surface area contributed by atoms with Gasteiger partial charge in [0.2, 0.25) is 21.8 Å². The molecule has 1 N–H and O–H groups in total. The first-order chi connectivity index (χ1) is 17.3. The minimum atomic E-state index is -3.39. The molecular weight excluding hydrogens is 505 g/mol. The van der Waals surface area contributed by atoms with Crippen LogP contribution in [0.25, 0.3) is 0 Å². The molecule has 2 aromatic carbocycles. The fourth-order valence-corrected chi connectivity index (χ4v) is 6.30. The van der Waals surface area contributed by atoms with Crippen molar-refractivity contribution in [2.45, 2.75) is 57.0 Å². The minimum Gasteiger partial charge on any atom is -0.351 e. The Bertz CT molecular complexity index is 1200. The van der Waals surface area contributed by atoms with E-state index in [9.17, 15) is 22.4 Å². The summed E-state index contributed by atoms with van der Waals surface area (Å²) in [6, 6.07) is 11.1. The van der Waals surface area contributed by atoms with Crippen molar-refractivity contribution < 1.29 is 22.4 Å². The molecule has 2 fully saturated rings. The Balaban J connectivity index is 1.66. The van der Waals surface area contributed by atoms with Crippen LogP contribution in [0, 0.1) is 5.82 Å². The summed E-state index contributed by atoms with van der Waals surface area (Å²) >= 11 is 6.50. The van der Waals surface area contributed by atoms with E-state index in [2.05, 4.69) is 5.32 Å². The van der Waals surface area contributed by atoms with Crippen LogP contribution in [-0.2, 0) is 19.6 Å². The molecule has 0 unspecified atom stereocenters. The monoisotopic (exact) mass is 535 g/mol. The van der Waals surface area contributed by atoms with E-state index in [1.165, 1.54) is 27.4 Å². The summed E-state index contributed by atoms with van der Waals surface area (Å²) in [5.41, 5.74) is 0.624. The highest BCUT2D eigenvalue weighted by Gasteiger charge is 2.36. The van der Waals surface area contributed by atoms with Gasteiger partial charge in [-0.25, -0.2) is 12.8 Å². The number of hydrogen-bond acceptors (Lipinski definition) is 4. The maximum Gasteiger partial charge on any atom is 0.248 e. The Morgan fingerprint density at radius 3 is 2.47 bits per heavy atom. The van der Waals surface area contributed by atoms with E-state index in [0.717, 1.165) is 32.1 Å². The summed E-state index contributed by atoms with van der Waals surface area (Å²) in [5.74, 6) is -1.60. The molecule has 1 saturated heterocycles. The molecule has 2 aliphatic rings. The van der Waals surface area contributed by atoms with Crippen molar-refractivity contribution in [1.82, 2.24) is 9.62 Å². The van der Waals surface area contributed by atoms with Crippen LogP contribution >= 0.6 is 11.6 Å². The molecule has 1 saturated carbocycles. The summed E-state index contributed by atoms with van der Waals surface area (Å²) in [6.07, 6.45) is 4.81. The van der Waals surface area contributed by atoms with Crippen LogP contribution in [0.4, 0.5) is 10.1 Å². The van der Waals surface area contributed by atoms with Crippen molar-refractivity contribution >= 4 is 39.1 Å². The van der Waals surface area contributed by atoms with E-state index in [1.54, 1.807) is 30.3 Å². The zero-order chi connectivity index (χ0) is 25.7. The molecule has 36 heavy (non-hydrogen) atoms. The molecule has 1 atom stereocenters. The molecule has 10 heteroatoms. The Hall–Kier alpha value is -2.49. The molecule has 1 aliphatic heterocycles. The maximum atomic E-state index is 14.3. The summed E-state index contributed by atoms with van der Waals surface area (Å²) in [7, 11) is -3.39. The zero-order valence-corrected chi connectivity index (χ0v) is 21.6. The largest absolute Gasteiger partial charge is 0.351 e. The first kappa shape index (κ1) is 26.6. The Morgan fingerprint density at radius 2 is 1.81 bits per heavy atom. The van der Waals surface area contributed by atoms with Crippen molar-refractivity contribution in [1.29, 1.82) is 0 Å². The second-order valence-corrected chi connectivity index (χ2v) is 11.8. The molecule has 0 spiro atoms. The molecule has 0 bridgehead atoms. The first-order valence-corrected chi connectivity index (χ1v) is 14.4. The van der Waals surface area contributed by atoms with E-state index < -0.39 is 33.7 Å². The van der Waals surface area contributed by atoms with Gasteiger partial charge >= 0.3 is 0 Å². The van der Waals surface area contributed by atoms with Gasteiger partial charge in [0.25, 0.3) is 0 Å². The topological polar surface area (TPSA) is 86.6 Å². The van der Waals surface area contributed by atoms with Crippen molar-refractivity contribution in [3.63, 3.8) is 0 Å². The second kappa shape index (κ2) is 11.7. The quantitative estimate of drug-likeness (QED) is 0.456. The Morgan fingerprint density at radius 1 is 1.08 bits per heavy atom. The fourth-order valence-electron chi connectivity index (χ4n) is 4.66. The number of sulfonamides is 1. The molecule has 2 amide bonds. The third-order valence-corrected chi connectivity index (χ3v) is 8.91. The summed E-state index contributed by atoms with van der Waals surface area (Å²) in [5, 5.41) is 3.39. The van der Waals surface area contributed by atoms with Crippen LogP contribution in [0.5, 0.6) is 0 Å². The molecule has 1 aliphatic carbocycles. The van der Waals surface area contributed by atoms with E-state index in [1.807, 2.05) is 0 Å². The van der Waals surface area contributed by atoms with Gasteiger partial charge in [0.05, 0.1) is 5.75 Å². The minimum absolute atomic E-state index is 0.0153. The fraction of sp³-hybridized carbons (Fsp3) is 0.462. The summed E-state index contributed by atoms with van der Waals surface area (Å²) < 4.78 is 40.1. The number of nitrogens with one attached hydrogen (secondary N) is 1. The lowest BCUT2D eigenvalue weighted by atomic mass is 9.94. The van der Waals surface area contributed by atoms with E-state index in [-0.39, 0.29) is 30.3 Å². The third kappa shape index (κ3) is 6.63. The highest BCUT2D eigenvalue weighted by atomic mass is 35.5. The van der Waals surface area contributed by atoms with Gasteiger partial charge in [0.15, 0.2) is 0 Å². The van der Waals surface area contributed by atoms with Crippen molar-refractivity contribution in [2.24, 2.45) is 0 Å². The number of anilines is 1. The first-order valence-electron chi connectivity index (χ1n) is 12.4.